The molecule has 8 nitrogen and oxygen atoms in total. The molecule has 0 unspecified atom stereocenters. The SMILES string of the molecule is CCN1C(=O)c2ccc(Oc3ccc(Cc4ccc(Oc5ccc6c(c5)C(=O)N(C)C6=O)cc4)cc3)cc2C1=O. The summed E-state index contributed by atoms with van der Waals surface area (Å²) in [5, 5.41) is 0. The lowest BCUT2D eigenvalue weighted by Crippen LogP contribution is -2.29. The molecule has 198 valence electrons. The number of rotatable bonds is 7. The Morgan fingerprint density at radius 2 is 0.925 bits per heavy atom. The first-order valence-corrected chi connectivity index (χ1v) is 12.8. The molecule has 6 rings (SSSR count). The molecule has 40 heavy (non-hydrogen) atoms. The first-order valence-electron chi connectivity index (χ1n) is 12.8. The summed E-state index contributed by atoms with van der Waals surface area (Å²) in [7, 11) is 1.46. The molecule has 0 aromatic heterocycles. The fraction of sp³-hybridized carbons (Fsp3) is 0.125. The first kappa shape index (κ1) is 25.1. The molecule has 0 N–H and O–H groups in total. The molecule has 0 spiro atoms. The molecule has 4 aromatic carbocycles. The van der Waals surface area contributed by atoms with Crippen LogP contribution >= 0.6 is 0 Å². The van der Waals surface area contributed by atoms with Gasteiger partial charge in [0.25, 0.3) is 23.6 Å². The molecule has 0 saturated carbocycles. The molecular weight excluding hydrogens is 508 g/mol. The Kier molecular flexibility index (Phi) is 6.15. The number of amides is 4. The lowest BCUT2D eigenvalue weighted by molar-refractivity contribution is 0.0656. The number of fused-ring (bicyclic) bond motifs is 2. The van der Waals surface area contributed by atoms with Crippen molar-refractivity contribution in [2.24, 2.45) is 0 Å². The highest BCUT2D eigenvalue weighted by atomic mass is 16.5. The van der Waals surface area contributed by atoms with E-state index >= 15 is 0 Å². The summed E-state index contributed by atoms with van der Waals surface area (Å²) in [4.78, 5) is 51.4. The Morgan fingerprint density at radius 1 is 0.525 bits per heavy atom. The van der Waals surface area contributed by atoms with Gasteiger partial charge < -0.3 is 9.47 Å². The van der Waals surface area contributed by atoms with E-state index in [-0.39, 0.29) is 23.6 Å². The summed E-state index contributed by atoms with van der Waals surface area (Å²) < 4.78 is 11.9. The van der Waals surface area contributed by atoms with Gasteiger partial charge in [0, 0.05) is 13.6 Å². The Labute approximate surface area is 230 Å². The third-order valence-electron chi connectivity index (χ3n) is 7.05. The lowest BCUT2D eigenvalue weighted by atomic mass is 10.0. The van der Waals surface area contributed by atoms with Gasteiger partial charge >= 0.3 is 0 Å². The molecule has 0 atom stereocenters. The molecule has 0 fully saturated rings. The summed E-state index contributed by atoms with van der Waals surface area (Å²) in [6.45, 7) is 2.10. The largest absolute Gasteiger partial charge is 0.457 e. The van der Waals surface area contributed by atoms with E-state index in [0.29, 0.717) is 58.2 Å². The third kappa shape index (κ3) is 4.39. The maximum absolute atomic E-state index is 12.5. The molecule has 8 heteroatoms. The van der Waals surface area contributed by atoms with E-state index < -0.39 is 0 Å². The molecule has 0 saturated heterocycles. The van der Waals surface area contributed by atoms with E-state index in [1.807, 2.05) is 48.5 Å². The minimum absolute atomic E-state index is 0.275. The van der Waals surface area contributed by atoms with Gasteiger partial charge in [0.1, 0.15) is 23.0 Å². The molecule has 2 heterocycles. The van der Waals surface area contributed by atoms with E-state index in [9.17, 15) is 19.2 Å². The van der Waals surface area contributed by atoms with Gasteiger partial charge in [-0.2, -0.15) is 0 Å². The summed E-state index contributed by atoms with van der Waals surface area (Å²) in [5.41, 5.74) is 3.66. The summed E-state index contributed by atoms with van der Waals surface area (Å²) in [5.74, 6) is 1.00. The monoisotopic (exact) mass is 532 g/mol. The predicted octanol–water partition coefficient (Wildman–Crippen LogP) is 5.70. The van der Waals surface area contributed by atoms with Crippen LogP contribution in [0.25, 0.3) is 0 Å². The molecule has 0 radical (unpaired) electrons. The van der Waals surface area contributed by atoms with Gasteiger partial charge in [0.05, 0.1) is 22.3 Å². The maximum atomic E-state index is 12.5. The zero-order chi connectivity index (χ0) is 28.0. The van der Waals surface area contributed by atoms with Crippen molar-refractivity contribution in [3.63, 3.8) is 0 Å². The highest BCUT2D eigenvalue weighted by molar-refractivity contribution is 6.22. The fourth-order valence-corrected chi connectivity index (χ4v) is 4.88. The van der Waals surface area contributed by atoms with Crippen LogP contribution in [0.15, 0.2) is 84.9 Å². The first-order chi connectivity index (χ1) is 19.3. The van der Waals surface area contributed by atoms with Crippen molar-refractivity contribution < 1.29 is 28.7 Å². The van der Waals surface area contributed by atoms with Crippen LogP contribution in [-0.2, 0) is 6.42 Å². The van der Waals surface area contributed by atoms with E-state index in [1.54, 1.807) is 43.3 Å². The highest BCUT2D eigenvalue weighted by Crippen LogP contribution is 2.31. The number of carbonyl (C=O) groups excluding carboxylic acids is 4. The van der Waals surface area contributed by atoms with Crippen molar-refractivity contribution in [3.8, 4) is 23.0 Å². The molecule has 4 amide bonds. The Bertz CT molecular complexity index is 1690. The van der Waals surface area contributed by atoms with Crippen LogP contribution in [0.2, 0.25) is 0 Å². The van der Waals surface area contributed by atoms with E-state index in [4.69, 9.17) is 9.47 Å². The van der Waals surface area contributed by atoms with Crippen LogP contribution in [-0.4, -0.2) is 47.0 Å². The predicted molar refractivity (Wildman–Crippen MR) is 146 cm³/mol. The van der Waals surface area contributed by atoms with Crippen molar-refractivity contribution >= 4 is 23.6 Å². The Morgan fingerprint density at radius 3 is 1.43 bits per heavy atom. The summed E-state index contributed by atoms with van der Waals surface area (Å²) in [6, 6.07) is 25.2. The van der Waals surface area contributed by atoms with Crippen molar-refractivity contribution in [1.29, 1.82) is 0 Å². The van der Waals surface area contributed by atoms with Crippen LogP contribution in [0, 0.1) is 0 Å². The van der Waals surface area contributed by atoms with E-state index in [1.165, 1.54) is 11.9 Å². The summed E-state index contributed by atoms with van der Waals surface area (Å²) in [6.07, 6.45) is 0.699. The smallest absolute Gasteiger partial charge is 0.261 e. The Hall–Kier alpha value is -5.24. The lowest BCUT2D eigenvalue weighted by Gasteiger charge is -2.09. The van der Waals surface area contributed by atoms with Gasteiger partial charge in [-0.15, -0.1) is 0 Å². The number of imide groups is 2. The van der Waals surface area contributed by atoms with Crippen molar-refractivity contribution in [2.75, 3.05) is 13.6 Å². The molecular formula is C32H24N2O6. The van der Waals surface area contributed by atoms with Gasteiger partial charge in [-0.3, -0.25) is 29.0 Å². The second-order valence-corrected chi connectivity index (χ2v) is 9.61. The third-order valence-corrected chi connectivity index (χ3v) is 7.05. The number of nitrogens with zero attached hydrogens (tertiary/aromatic N) is 2. The topological polar surface area (TPSA) is 93.2 Å². The number of hydrogen-bond donors (Lipinski definition) is 0. The van der Waals surface area contributed by atoms with Gasteiger partial charge in [0.2, 0.25) is 0 Å². The average molecular weight is 533 g/mol. The van der Waals surface area contributed by atoms with E-state index in [2.05, 4.69) is 0 Å². The molecule has 0 bridgehead atoms. The van der Waals surface area contributed by atoms with Gasteiger partial charge in [-0.25, -0.2) is 0 Å². The minimum atomic E-state index is -0.334. The zero-order valence-electron chi connectivity index (χ0n) is 21.8. The molecule has 2 aliphatic heterocycles. The fourth-order valence-electron chi connectivity index (χ4n) is 4.88. The van der Waals surface area contributed by atoms with Crippen molar-refractivity contribution in [3.05, 3.63) is 118 Å². The highest BCUT2D eigenvalue weighted by Gasteiger charge is 2.35. The second-order valence-electron chi connectivity index (χ2n) is 9.61. The number of benzene rings is 4. The number of hydrogen-bond acceptors (Lipinski definition) is 6. The Balaban J connectivity index is 1.08. The molecule has 4 aromatic rings. The second kappa shape index (κ2) is 9.81. The van der Waals surface area contributed by atoms with Gasteiger partial charge in [-0.1, -0.05) is 24.3 Å². The standard InChI is InChI=1S/C32H24N2O6/c1-3-34-31(37)26-15-13-24(18-28(26)32(34)38)40-22-10-6-20(7-11-22)16-19-4-8-21(9-5-19)39-23-12-14-25-27(17-23)30(36)33(2)29(25)35/h4-15,17-18H,3,16H2,1-2H3. The molecule has 2 aliphatic rings. The number of carbonyl (C=O) groups is 4. The van der Waals surface area contributed by atoms with Crippen LogP contribution in [0.1, 0.15) is 59.5 Å². The van der Waals surface area contributed by atoms with Crippen molar-refractivity contribution in [1.82, 2.24) is 9.80 Å². The zero-order valence-corrected chi connectivity index (χ0v) is 21.8. The minimum Gasteiger partial charge on any atom is -0.457 e. The normalized spacial score (nSPS) is 14.1. The van der Waals surface area contributed by atoms with Crippen LogP contribution in [0.5, 0.6) is 23.0 Å². The van der Waals surface area contributed by atoms with E-state index in [0.717, 1.165) is 16.0 Å². The number of ether oxygens (including phenoxy) is 2. The maximum Gasteiger partial charge on any atom is 0.261 e. The van der Waals surface area contributed by atoms with Gasteiger partial charge in [-0.05, 0) is 85.1 Å². The van der Waals surface area contributed by atoms with Crippen LogP contribution in [0.4, 0.5) is 0 Å². The summed E-state index contributed by atoms with van der Waals surface area (Å²) >= 11 is 0. The van der Waals surface area contributed by atoms with Crippen LogP contribution in [0.3, 0.4) is 0 Å². The van der Waals surface area contributed by atoms with Gasteiger partial charge in [0.15, 0.2) is 0 Å². The molecule has 0 aliphatic carbocycles. The van der Waals surface area contributed by atoms with Crippen molar-refractivity contribution in [2.45, 2.75) is 13.3 Å². The quantitative estimate of drug-likeness (QED) is 0.283. The van der Waals surface area contributed by atoms with Crippen LogP contribution < -0.4 is 9.47 Å². The average Bonchev–Trinajstić information content (AvgIpc) is 3.33.